The first kappa shape index (κ1) is 16.4. The third kappa shape index (κ3) is 4.51. The second-order valence-electron chi connectivity index (χ2n) is 6.78. The van der Waals surface area contributed by atoms with Crippen LogP contribution in [0.5, 0.6) is 0 Å². The topological polar surface area (TPSA) is 80.5 Å². The van der Waals surface area contributed by atoms with E-state index in [2.05, 4.69) is 15.2 Å². The van der Waals surface area contributed by atoms with Gasteiger partial charge < -0.3 is 20.7 Å². The molecule has 0 unspecified atom stereocenters. The van der Waals surface area contributed by atoms with Gasteiger partial charge in [0.15, 0.2) is 0 Å². The minimum Gasteiger partial charge on any atom is -0.444 e. The highest BCUT2D eigenvalue weighted by molar-refractivity contribution is 5.68. The standard InChI is InChI=1S/C16H26N4O2/c1-11-13(17)7-8-14(18-11)20-9-5-6-12(10-20)19-15(21)22-16(2,3)4/h7-8,12H,5-6,9-10,17H2,1-4H3,(H,19,21)/t12-/m1/s1. The Hall–Kier alpha value is -1.98. The molecule has 1 atom stereocenters. The number of carbonyl (C=O) groups excluding carboxylic acids is 1. The van der Waals surface area contributed by atoms with Gasteiger partial charge in [-0.2, -0.15) is 0 Å². The molecule has 6 heteroatoms. The number of carbonyl (C=O) groups is 1. The van der Waals surface area contributed by atoms with Gasteiger partial charge in [-0.25, -0.2) is 9.78 Å². The Balaban J connectivity index is 1.96. The number of nitrogens with one attached hydrogen (secondary N) is 1. The molecule has 1 saturated heterocycles. The Morgan fingerprint density at radius 2 is 2.18 bits per heavy atom. The summed E-state index contributed by atoms with van der Waals surface area (Å²) in [6, 6.07) is 3.88. The number of piperidine rings is 1. The minimum atomic E-state index is -0.478. The van der Waals surface area contributed by atoms with Crippen LogP contribution in [0.4, 0.5) is 16.3 Å². The molecule has 122 valence electrons. The van der Waals surface area contributed by atoms with Crippen LogP contribution in [-0.4, -0.2) is 35.8 Å². The van der Waals surface area contributed by atoms with Crippen molar-refractivity contribution < 1.29 is 9.53 Å². The second kappa shape index (κ2) is 6.42. The highest BCUT2D eigenvalue weighted by atomic mass is 16.6. The molecule has 0 bridgehead atoms. The molecule has 2 rings (SSSR count). The number of rotatable bonds is 2. The van der Waals surface area contributed by atoms with E-state index in [1.54, 1.807) is 0 Å². The van der Waals surface area contributed by atoms with E-state index in [0.29, 0.717) is 5.69 Å². The molecule has 1 aromatic rings. The number of anilines is 2. The molecule has 1 aromatic heterocycles. The largest absolute Gasteiger partial charge is 0.444 e. The van der Waals surface area contributed by atoms with Crippen LogP contribution in [0.25, 0.3) is 0 Å². The Morgan fingerprint density at radius 1 is 1.45 bits per heavy atom. The summed E-state index contributed by atoms with van der Waals surface area (Å²) in [6.45, 7) is 9.15. The highest BCUT2D eigenvalue weighted by Crippen LogP contribution is 2.20. The number of pyridine rings is 1. The fourth-order valence-corrected chi connectivity index (χ4v) is 2.51. The van der Waals surface area contributed by atoms with Crippen LogP contribution in [0, 0.1) is 6.92 Å². The quantitative estimate of drug-likeness (QED) is 0.877. The molecule has 1 amide bonds. The van der Waals surface area contributed by atoms with E-state index in [4.69, 9.17) is 10.5 Å². The highest BCUT2D eigenvalue weighted by Gasteiger charge is 2.24. The first-order valence-electron chi connectivity index (χ1n) is 7.72. The van der Waals surface area contributed by atoms with Gasteiger partial charge in [0, 0.05) is 19.1 Å². The van der Waals surface area contributed by atoms with Gasteiger partial charge in [-0.1, -0.05) is 0 Å². The zero-order valence-electron chi connectivity index (χ0n) is 13.8. The molecule has 1 fully saturated rings. The minimum absolute atomic E-state index is 0.0725. The molecule has 22 heavy (non-hydrogen) atoms. The van der Waals surface area contributed by atoms with Crippen molar-refractivity contribution in [3.63, 3.8) is 0 Å². The van der Waals surface area contributed by atoms with Gasteiger partial charge in [0.1, 0.15) is 11.4 Å². The Labute approximate surface area is 132 Å². The molecular formula is C16H26N4O2. The number of aromatic nitrogens is 1. The number of hydrogen-bond acceptors (Lipinski definition) is 5. The maximum Gasteiger partial charge on any atom is 0.407 e. The third-order valence-corrected chi connectivity index (χ3v) is 3.58. The van der Waals surface area contributed by atoms with Gasteiger partial charge in [0.2, 0.25) is 0 Å². The lowest BCUT2D eigenvalue weighted by atomic mass is 10.1. The summed E-state index contributed by atoms with van der Waals surface area (Å²) in [5.41, 5.74) is 6.87. The lowest BCUT2D eigenvalue weighted by molar-refractivity contribution is 0.0500. The maximum atomic E-state index is 11.9. The van der Waals surface area contributed by atoms with Crippen molar-refractivity contribution in [2.75, 3.05) is 23.7 Å². The molecular weight excluding hydrogens is 280 g/mol. The summed E-state index contributed by atoms with van der Waals surface area (Å²) in [5.74, 6) is 0.905. The molecule has 0 spiro atoms. The van der Waals surface area contributed by atoms with Gasteiger partial charge in [0.05, 0.1) is 11.4 Å². The van der Waals surface area contributed by atoms with E-state index in [1.165, 1.54) is 0 Å². The van der Waals surface area contributed by atoms with Crippen LogP contribution < -0.4 is 16.0 Å². The van der Waals surface area contributed by atoms with E-state index < -0.39 is 5.60 Å². The summed E-state index contributed by atoms with van der Waals surface area (Å²) >= 11 is 0. The second-order valence-corrected chi connectivity index (χ2v) is 6.78. The number of amides is 1. The van der Waals surface area contributed by atoms with Crippen LogP contribution >= 0.6 is 0 Å². The van der Waals surface area contributed by atoms with Crippen molar-refractivity contribution >= 4 is 17.6 Å². The first-order valence-corrected chi connectivity index (χ1v) is 7.72. The van der Waals surface area contributed by atoms with Gasteiger partial charge >= 0.3 is 6.09 Å². The van der Waals surface area contributed by atoms with E-state index >= 15 is 0 Å². The SMILES string of the molecule is Cc1nc(N2CCC[C@@H](NC(=O)OC(C)(C)C)C2)ccc1N. The van der Waals surface area contributed by atoms with E-state index in [1.807, 2.05) is 39.8 Å². The van der Waals surface area contributed by atoms with Gasteiger partial charge in [-0.3, -0.25) is 0 Å². The van der Waals surface area contributed by atoms with Crippen LogP contribution in [0.2, 0.25) is 0 Å². The van der Waals surface area contributed by atoms with Crippen molar-refractivity contribution in [3.8, 4) is 0 Å². The molecule has 0 aliphatic carbocycles. The van der Waals surface area contributed by atoms with Crippen LogP contribution in [0.3, 0.4) is 0 Å². The average molecular weight is 306 g/mol. The molecule has 6 nitrogen and oxygen atoms in total. The van der Waals surface area contributed by atoms with Crippen molar-refractivity contribution in [1.82, 2.24) is 10.3 Å². The predicted octanol–water partition coefficient (Wildman–Crippen LogP) is 2.47. The molecule has 3 N–H and O–H groups in total. The zero-order chi connectivity index (χ0) is 16.3. The number of nitrogen functional groups attached to an aromatic ring is 1. The van der Waals surface area contributed by atoms with Crippen molar-refractivity contribution in [2.24, 2.45) is 0 Å². The number of ether oxygens (including phenoxy) is 1. The lowest BCUT2D eigenvalue weighted by Crippen LogP contribution is -2.49. The number of nitrogens with zero attached hydrogens (tertiary/aromatic N) is 2. The fraction of sp³-hybridized carbons (Fsp3) is 0.625. The summed E-state index contributed by atoms with van der Waals surface area (Å²) < 4.78 is 5.32. The predicted molar refractivity (Wildman–Crippen MR) is 88.0 cm³/mol. The number of hydrogen-bond donors (Lipinski definition) is 2. The normalized spacial score (nSPS) is 18.9. The smallest absolute Gasteiger partial charge is 0.407 e. The molecule has 0 saturated carbocycles. The Bertz CT molecular complexity index is 539. The Kier molecular flexibility index (Phi) is 4.78. The lowest BCUT2D eigenvalue weighted by Gasteiger charge is -2.34. The number of aryl methyl sites for hydroxylation is 1. The molecule has 1 aliphatic rings. The molecule has 2 heterocycles. The first-order chi connectivity index (χ1) is 10.2. The van der Waals surface area contributed by atoms with Crippen LogP contribution in [0.15, 0.2) is 12.1 Å². The third-order valence-electron chi connectivity index (χ3n) is 3.58. The van der Waals surface area contributed by atoms with Gasteiger partial charge in [-0.05, 0) is 52.7 Å². The summed E-state index contributed by atoms with van der Waals surface area (Å²) in [5, 5.41) is 2.95. The van der Waals surface area contributed by atoms with Crippen molar-refractivity contribution in [2.45, 2.75) is 52.2 Å². The monoisotopic (exact) mass is 306 g/mol. The molecule has 0 radical (unpaired) electrons. The molecule has 0 aromatic carbocycles. The van der Waals surface area contributed by atoms with Crippen LogP contribution in [-0.2, 0) is 4.74 Å². The summed E-state index contributed by atoms with van der Waals surface area (Å²) in [6.07, 6.45) is 1.59. The molecule has 1 aliphatic heterocycles. The van der Waals surface area contributed by atoms with Gasteiger partial charge in [0.25, 0.3) is 0 Å². The average Bonchev–Trinajstić information content (AvgIpc) is 2.40. The van der Waals surface area contributed by atoms with E-state index in [9.17, 15) is 4.79 Å². The fourth-order valence-electron chi connectivity index (χ4n) is 2.51. The van der Waals surface area contributed by atoms with Gasteiger partial charge in [-0.15, -0.1) is 0 Å². The van der Waals surface area contributed by atoms with Crippen molar-refractivity contribution in [1.29, 1.82) is 0 Å². The van der Waals surface area contributed by atoms with E-state index in [-0.39, 0.29) is 12.1 Å². The maximum absolute atomic E-state index is 11.9. The van der Waals surface area contributed by atoms with E-state index in [0.717, 1.165) is 37.4 Å². The van der Waals surface area contributed by atoms with Crippen LogP contribution in [0.1, 0.15) is 39.3 Å². The Morgan fingerprint density at radius 3 is 2.82 bits per heavy atom. The van der Waals surface area contributed by atoms with Crippen molar-refractivity contribution in [3.05, 3.63) is 17.8 Å². The number of alkyl carbamates (subject to hydrolysis) is 1. The zero-order valence-corrected chi connectivity index (χ0v) is 13.8. The number of nitrogens with two attached hydrogens (primary N) is 1. The summed E-state index contributed by atoms with van der Waals surface area (Å²) in [7, 11) is 0. The summed E-state index contributed by atoms with van der Waals surface area (Å²) in [4.78, 5) is 18.6.